The predicted octanol–water partition coefficient (Wildman–Crippen LogP) is 4.52. The second-order valence-corrected chi connectivity index (χ2v) is 8.39. The van der Waals surface area contributed by atoms with Crippen molar-refractivity contribution < 1.29 is 24.8 Å². The van der Waals surface area contributed by atoms with E-state index in [2.05, 4.69) is 19.1 Å². The largest absolute Gasteiger partial charge is 0.394 e. The van der Waals surface area contributed by atoms with Crippen LogP contribution in [-0.4, -0.2) is 59.6 Å². The molecule has 1 aliphatic rings. The Bertz CT molecular complexity index is 387. The molecule has 0 aliphatic carbocycles. The molecule has 5 heteroatoms. The van der Waals surface area contributed by atoms with Crippen molar-refractivity contribution in [1.29, 1.82) is 0 Å². The summed E-state index contributed by atoms with van der Waals surface area (Å²) in [5, 5.41) is 28.7. The Kier molecular flexibility index (Phi) is 16.8. The van der Waals surface area contributed by atoms with Gasteiger partial charge in [0.1, 0.15) is 24.4 Å². The van der Waals surface area contributed by atoms with Crippen molar-refractivity contribution in [2.24, 2.45) is 0 Å². The molecule has 0 unspecified atom stereocenters. The van der Waals surface area contributed by atoms with Gasteiger partial charge in [-0.05, 0) is 32.1 Å². The van der Waals surface area contributed by atoms with Crippen molar-refractivity contribution in [2.45, 2.75) is 121 Å². The van der Waals surface area contributed by atoms with Gasteiger partial charge in [-0.15, -0.1) is 0 Å². The van der Waals surface area contributed by atoms with E-state index in [0.29, 0.717) is 6.61 Å². The minimum atomic E-state index is -1.00. The van der Waals surface area contributed by atoms with Crippen molar-refractivity contribution in [2.75, 3.05) is 19.8 Å². The summed E-state index contributed by atoms with van der Waals surface area (Å²) in [6.07, 6.45) is 19.6. The van der Waals surface area contributed by atoms with Crippen LogP contribution in [0.4, 0.5) is 0 Å². The summed E-state index contributed by atoms with van der Waals surface area (Å²) in [6, 6.07) is 0. The van der Waals surface area contributed by atoms with Crippen molar-refractivity contribution >= 4 is 0 Å². The molecular formula is C24H46O5. The zero-order chi connectivity index (χ0) is 21.2. The van der Waals surface area contributed by atoms with Gasteiger partial charge in [-0.2, -0.15) is 0 Å². The van der Waals surface area contributed by atoms with Crippen LogP contribution in [-0.2, 0) is 9.47 Å². The van der Waals surface area contributed by atoms with E-state index in [0.717, 1.165) is 19.3 Å². The molecule has 0 amide bonds. The van der Waals surface area contributed by atoms with E-state index in [-0.39, 0.29) is 13.2 Å². The summed E-state index contributed by atoms with van der Waals surface area (Å²) in [4.78, 5) is 0. The van der Waals surface area contributed by atoms with E-state index in [1.54, 1.807) is 0 Å². The van der Waals surface area contributed by atoms with Crippen LogP contribution in [0.2, 0.25) is 0 Å². The first kappa shape index (κ1) is 26.6. The van der Waals surface area contributed by atoms with E-state index in [9.17, 15) is 10.2 Å². The number of ether oxygens (including phenoxy) is 2. The first-order chi connectivity index (χ1) is 14.2. The van der Waals surface area contributed by atoms with Gasteiger partial charge in [-0.1, -0.05) is 76.9 Å². The lowest BCUT2D eigenvalue weighted by atomic mass is 10.1. The molecule has 0 aromatic carbocycles. The maximum absolute atomic E-state index is 9.89. The fraction of sp³-hybridized carbons (Fsp3) is 0.917. The van der Waals surface area contributed by atoms with Gasteiger partial charge in [-0.25, -0.2) is 0 Å². The Morgan fingerprint density at radius 2 is 1.45 bits per heavy atom. The van der Waals surface area contributed by atoms with Crippen LogP contribution >= 0.6 is 0 Å². The third kappa shape index (κ3) is 12.7. The SMILES string of the molecule is CCCCCCCCCC/C=C/CCCCCCO[C@H]1[C@@H]([C@@H](O)CO)OC[C@H]1O. The van der Waals surface area contributed by atoms with E-state index in [4.69, 9.17) is 14.6 Å². The zero-order valence-electron chi connectivity index (χ0n) is 18.6. The minimum Gasteiger partial charge on any atom is -0.394 e. The van der Waals surface area contributed by atoms with Crippen LogP contribution in [0.3, 0.4) is 0 Å². The normalized spacial score (nSPS) is 23.2. The Morgan fingerprint density at radius 1 is 0.897 bits per heavy atom. The molecule has 1 fully saturated rings. The van der Waals surface area contributed by atoms with Gasteiger partial charge in [0.15, 0.2) is 0 Å². The van der Waals surface area contributed by atoms with Crippen LogP contribution in [0.5, 0.6) is 0 Å². The standard InChI is InChI=1S/C24H46O5/c1-2-3-4-5-6-7-8-9-10-11-12-13-14-15-16-17-18-28-24-22(27)20-29-23(24)21(26)19-25/h11-12,21-27H,2-10,13-20H2,1H3/b12-11+/t21-,22+,23+,24+/m0/s1. The van der Waals surface area contributed by atoms with Crippen molar-refractivity contribution in [3.8, 4) is 0 Å². The average molecular weight is 415 g/mol. The number of aliphatic hydroxyl groups excluding tert-OH is 3. The molecule has 0 bridgehead atoms. The van der Waals surface area contributed by atoms with Gasteiger partial charge in [0, 0.05) is 6.61 Å². The molecule has 5 nitrogen and oxygen atoms in total. The first-order valence-corrected chi connectivity index (χ1v) is 12.1. The summed E-state index contributed by atoms with van der Waals surface area (Å²) >= 11 is 0. The molecule has 1 heterocycles. The third-order valence-corrected chi connectivity index (χ3v) is 5.70. The summed E-state index contributed by atoms with van der Waals surface area (Å²) in [6.45, 7) is 2.58. The molecule has 172 valence electrons. The van der Waals surface area contributed by atoms with E-state index in [1.807, 2.05) is 0 Å². The molecule has 0 saturated carbocycles. The fourth-order valence-electron chi connectivity index (χ4n) is 3.83. The number of hydrogen-bond acceptors (Lipinski definition) is 5. The van der Waals surface area contributed by atoms with Crippen LogP contribution < -0.4 is 0 Å². The molecule has 29 heavy (non-hydrogen) atoms. The molecule has 0 radical (unpaired) electrons. The van der Waals surface area contributed by atoms with Crippen LogP contribution in [0.25, 0.3) is 0 Å². The molecule has 0 spiro atoms. The molecule has 1 rings (SSSR count). The molecule has 1 saturated heterocycles. The zero-order valence-corrected chi connectivity index (χ0v) is 18.6. The van der Waals surface area contributed by atoms with Gasteiger partial charge in [0.05, 0.1) is 13.2 Å². The highest BCUT2D eigenvalue weighted by atomic mass is 16.6. The maximum Gasteiger partial charge on any atom is 0.114 e. The molecule has 0 aromatic rings. The minimum absolute atomic E-state index is 0.150. The highest BCUT2D eigenvalue weighted by Crippen LogP contribution is 2.21. The Morgan fingerprint density at radius 3 is 2.03 bits per heavy atom. The lowest BCUT2D eigenvalue weighted by Gasteiger charge is -2.23. The van der Waals surface area contributed by atoms with Gasteiger partial charge in [0.2, 0.25) is 0 Å². The number of unbranched alkanes of at least 4 members (excludes halogenated alkanes) is 12. The number of hydrogen-bond donors (Lipinski definition) is 3. The third-order valence-electron chi connectivity index (χ3n) is 5.70. The Labute approximate surface area is 178 Å². The summed E-state index contributed by atoms with van der Waals surface area (Å²) in [7, 11) is 0. The Balaban J connectivity index is 1.88. The summed E-state index contributed by atoms with van der Waals surface area (Å²) in [5.41, 5.74) is 0. The topological polar surface area (TPSA) is 79.2 Å². The fourth-order valence-corrected chi connectivity index (χ4v) is 3.83. The summed E-state index contributed by atoms with van der Waals surface area (Å²) in [5.74, 6) is 0. The lowest BCUT2D eigenvalue weighted by molar-refractivity contribution is -0.0938. The number of aliphatic hydroxyl groups is 3. The van der Waals surface area contributed by atoms with Crippen molar-refractivity contribution in [3.63, 3.8) is 0 Å². The van der Waals surface area contributed by atoms with Crippen molar-refractivity contribution in [1.82, 2.24) is 0 Å². The molecule has 3 N–H and O–H groups in total. The first-order valence-electron chi connectivity index (χ1n) is 12.1. The number of rotatable bonds is 19. The van der Waals surface area contributed by atoms with Gasteiger partial charge >= 0.3 is 0 Å². The van der Waals surface area contributed by atoms with Gasteiger partial charge in [-0.3, -0.25) is 0 Å². The smallest absolute Gasteiger partial charge is 0.114 e. The highest BCUT2D eigenvalue weighted by molar-refractivity contribution is 4.89. The van der Waals surface area contributed by atoms with Crippen LogP contribution in [0.1, 0.15) is 96.8 Å². The lowest BCUT2D eigenvalue weighted by Crippen LogP contribution is -2.42. The highest BCUT2D eigenvalue weighted by Gasteiger charge is 2.40. The number of allylic oxidation sites excluding steroid dienone is 2. The Hall–Kier alpha value is -0.460. The molecular weight excluding hydrogens is 368 g/mol. The predicted molar refractivity (Wildman–Crippen MR) is 118 cm³/mol. The van der Waals surface area contributed by atoms with E-state index in [1.165, 1.54) is 70.6 Å². The molecule has 0 aromatic heterocycles. The monoisotopic (exact) mass is 414 g/mol. The molecule has 4 atom stereocenters. The van der Waals surface area contributed by atoms with Gasteiger partial charge in [0.25, 0.3) is 0 Å². The van der Waals surface area contributed by atoms with E-state index < -0.39 is 24.4 Å². The quantitative estimate of drug-likeness (QED) is 0.214. The molecule has 1 aliphatic heterocycles. The van der Waals surface area contributed by atoms with Crippen LogP contribution in [0, 0.1) is 0 Å². The summed E-state index contributed by atoms with van der Waals surface area (Å²) < 4.78 is 11.0. The average Bonchev–Trinajstić information content (AvgIpc) is 3.10. The second-order valence-electron chi connectivity index (χ2n) is 8.39. The van der Waals surface area contributed by atoms with Crippen LogP contribution in [0.15, 0.2) is 12.2 Å². The van der Waals surface area contributed by atoms with Gasteiger partial charge < -0.3 is 24.8 Å². The van der Waals surface area contributed by atoms with Crippen molar-refractivity contribution in [3.05, 3.63) is 12.2 Å². The maximum atomic E-state index is 9.89. The second kappa shape index (κ2) is 18.3. The van der Waals surface area contributed by atoms with E-state index >= 15 is 0 Å².